The molecule has 3 N–H and O–H groups in total. The Balaban J connectivity index is 0.000000469. The number of carboxylic acids is 1. The number of carboxylic acid groups (broad SMARTS) is 1. The molecule has 1 heterocycles. The van der Waals surface area contributed by atoms with Gasteiger partial charge in [-0.2, -0.15) is 8.42 Å². The van der Waals surface area contributed by atoms with Gasteiger partial charge >= 0.3 is 16.5 Å². The van der Waals surface area contributed by atoms with Crippen LogP contribution < -0.4 is 10.6 Å². The quantitative estimate of drug-likeness (QED) is 0.381. The van der Waals surface area contributed by atoms with E-state index in [1.54, 1.807) is 36.4 Å². The fourth-order valence-corrected chi connectivity index (χ4v) is 2.96. The monoisotopic (exact) mass is 477 g/mol. The number of aliphatic carboxylic acids is 1. The van der Waals surface area contributed by atoms with Crippen LogP contribution in [0.3, 0.4) is 0 Å². The third-order valence-electron chi connectivity index (χ3n) is 4.19. The Kier molecular flexibility index (Phi) is 8.36. The number of fused-ring (bicyclic) bond motifs is 1. The van der Waals surface area contributed by atoms with E-state index < -0.39 is 28.9 Å². The maximum atomic E-state index is 11.8. The molecule has 0 radical (unpaired) electrons. The molecule has 0 aliphatic carbocycles. The Labute approximate surface area is 196 Å². The summed E-state index contributed by atoms with van der Waals surface area (Å²) in [5.41, 5.74) is 1.81. The van der Waals surface area contributed by atoms with Crippen molar-refractivity contribution < 1.29 is 23.1 Å². The second-order valence-electron chi connectivity index (χ2n) is 6.63. The van der Waals surface area contributed by atoms with E-state index in [1.165, 1.54) is 12.1 Å². The fraction of sp³-hybridized carbons (Fsp3) is 0.0435. The lowest BCUT2D eigenvalue weighted by Crippen LogP contribution is -2.29. The molecule has 0 spiro atoms. The van der Waals surface area contributed by atoms with Gasteiger partial charge in [0.1, 0.15) is 6.54 Å². The van der Waals surface area contributed by atoms with Crippen LogP contribution in [-0.4, -0.2) is 41.9 Å². The molecule has 0 aliphatic heterocycles. The summed E-state index contributed by atoms with van der Waals surface area (Å²) < 4.78 is 25.4. The van der Waals surface area contributed by atoms with E-state index in [1.807, 2.05) is 36.4 Å². The van der Waals surface area contributed by atoms with Gasteiger partial charge in [-0.05, 0) is 36.4 Å². The largest absolute Gasteiger partial charge is 0.480 e. The van der Waals surface area contributed by atoms with Gasteiger partial charge in [0.2, 0.25) is 5.82 Å². The predicted molar refractivity (Wildman–Crippen MR) is 127 cm³/mol. The van der Waals surface area contributed by atoms with Gasteiger partial charge in [-0.3, -0.25) is 9.59 Å². The van der Waals surface area contributed by atoms with E-state index in [-0.39, 0.29) is 17.2 Å². The molecule has 3 aromatic carbocycles. The summed E-state index contributed by atoms with van der Waals surface area (Å²) in [6, 6.07) is 25.0. The van der Waals surface area contributed by atoms with Crippen molar-refractivity contribution in [2.45, 2.75) is 0 Å². The second-order valence-corrected chi connectivity index (χ2v) is 7.24. The first-order valence-corrected chi connectivity index (χ1v) is 10.9. The lowest BCUT2D eigenvalue weighted by atomic mass is 10.2. The SMILES string of the molecule is O=C(O)CNC(=O)c1ccc(Nc2nc3ccccc3nc2N=S(=O)=O)cc1.c1ccccc1. The van der Waals surface area contributed by atoms with Crippen LogP contribution in [-0.2, 0) is 15.3 Å². The summed E-state index contributed by atoms with van der Waals surface area (Å²) in [6.45, 7) is -0.483. The van der Waals surface area contributed by atoms with Crippen molar-refractivity contribution in [2.24, 2.45) is 4.36 Å². The number of para-hydroxylation sites is 2. The Bertz CT molecular complexity index is 1390. The third kappa shape index (κ3) is 7.21. The van der Waals surface area contributed by atoms with E-state index in [0.717, 1.165) is 0 Å². The number of aromatic nitrogens is 2. The van der Waals surface area contributed by atoms with E-state index in [9.17, 15) is 18.0 Å². The zero-order valence-corrected chi connectivity index (χ0v) is 18.4. The summed E-state index contributed by atoms with van der Waals surface area (Å²) in [6.07, 6.45) is 0. The van der Waals surface area contributed by atoms with Crippen molar-refractivity contribution in [2.75, 3.05) is 11.9 Å². The fourth-order valence-electron chi connectivity index (χ4n) is 2.69. The first-order valence-electron chi connectivity index (χ1n) is 9.87. The van der Waals surface area contributed by atoms with Gasteiger partial charge in [0.25, 0.3) is 5.91 Å². The van der Waals surface area contributed by atoms with E-state index in [0.29, 0.717) is 16.7 Å². The number of hydrogen-bond donors (Lipinski definition) is 3. The summed E-state index contributed by atoms with van der Waals surface area (Å²) in [5.74, 6) is -1.65. The molecule has 0 saturated heterocycles. The van der Waals surface area contributed by atoms with Crippen LogP contribution in [0, 0.1) is 0 Å². The van der Waals surface area contributed by atoms with E-state index in [2.05, 4.69) is 25.0 Å². The van der Waals surface area contributed by atoms with Crippen molar-refractivity contribution in [1.82, 2.24) is 15.3 Å². The van der Waals surface area contributed by atoms with Crippen molar-refractivity contribution >= 4 is 50.7 Å². The van der Waals surface area contributed by atoms with Gasteiger partial charge in [0.05, 0.1) is 11.0 Å². The second kappa shape index (κ2) is 11.8. The standard InChI is InChI=1S/C17H13N5O5S.C6H6/c23-14(24)9-18-17(25)10-5-7-11(8-6-10)19-15-16(22-28(26)27)21-13-4-2-1-3-12(13)20-15;1-2-4-6-5-3-1/h1-8H,9H2,(H,18,25)(H,19,20)(H,23,24);1-6H. The normalized spacial score (nSPS) is 9.88. The van der Waals surface area contributed by atoms with Gasteiger partial charge in [0, 0.05) is 11.3 Å². The molecular formula is C23H19N5O5S. The van der Waals surface area contributed by atoms with Gasteiger partial charge < -0.3 is 15.7 Å². The van der Waals surface area contributed by atoms with Crippen LogP contribution in [0.2, 0.25) is 0 Å². The molecule has 10 nitrogen and oxygen atoms in total. The van der Waals surface area contributed by atoms with Crippen LogP contribution in [0.5, 0.6) is 0 Å². The minimum absolute atomic E-state index is 0.102. The summed E-state index contributed by atoms with van der Waals surface area (Å²) in [4.78, 5) is 30.9. The smallest absolute Gasteiger partial charge is 0.322 e. The molecule has 11 heteroatoms. The van der Waals surface area contributed by atoms with Crippen molar-refractivity contribution in [3.63, 3.8) is 0 Å². The average Bonchev–Trinajstić information content (AvgIpc) is 2.84. The van der Waals surface area contributed by atoms with Gasteiger partial charge in [-0.1, -0.05) is 48.5 Å². The number of nitrogens with zero attached hydrogens (tertiary/aromatic N) is 3. The number of rotatable bonds is 6. The maximum Gasteiger partial charge on any atom is 0.322 e. The molecule has 172 valence electrons. The predicted octanol–water partition coefficient (Wildman–Crippen LogP) is 3.57. The highest BCUT2D eigenvalue weighted by Gasteiger charge is 2.11. The average molecular weight is 478 g/mol. The van der Waals surface area contributed by atoms with Gasteiger partial charge in [-0.25, -0.2) is 9.97 Å². The molecule has 34 heavy (non-hydrogen) atoms. The minimum Gasteiger partial charge on any atom is -0.480 e. The number of carbonyl (C=O) groups is 2. The number of amides is 1. The highest BCUT2D eigenvalue weighted by Crippen LogP contribution is 2.27. The van der Waals surface area contributed by atoms with E-state index >= 15 is 0 Å². The molecule has 0 unspecified atom stereocenters. The third-order valence-corrected chi connectivity index (χ3v) is 4.51. The Morgan fingerprint density at radius 2 is 1.38 bits per heavy atom. The first-order chi connectivity index (χ1) is 16.4. The van der Waals surface area contributed by atoms with Crippen LogP contribution in [0.15, 0.2) is 89.3 Å². The van der Waals surface area contributed by atoms with Crippen molar-refractivity contribution in [3.8, 4) is 0 Å². The van der Waals surface area contributed by atoms with Crippen LogP contribution in [0.25, 0.3) is 11.0 Å². The highest BCUT2D eigenvalue weighted by molar-refractivity contribution is 7.61. The zero-order valence-electron chi connectivity index (χ0n) is 17.6. The maximum absolute atomic E-state index is 11.8. The molecule has 1 aromatic heterocycles. The van der Waals surface area contributed by atoms with Crippen molar-refractivity contribution in [1.29, 1.82) is 0 Å². The lowest BCUT2D eigenvalue weighted by Gasteiger charge is -2.09. The lowest BCUT2D eigenvalue weighted by molar-refractivity contribution is -0.135. The summed E-state index contributed by atoms with van der Waals surface area (Å²) in [5, 5.41) is 13.8. The Morgan fingerprint density at radius 3 is 1.91 bits per heavy atom. The number of benzene rings is 3. The molecule has 1 amide bonds. The van der Waals surface area contributed by atoms with Crippen LogP contribution in [0.4, 0.5) is 17.3 Å². The van der Waals surface area contributed by atoms with Crippen molar-refractivity contribution in [3.05, 3.63) is 90.5 Å². The number of anilines is 2. The zero-order chi connectivity index (χ0) is 24.3. The minimum atomic E-state index is -2.71. The number of nitrogens with one attached hydrogen (secondary N) is 2. The van der Waals surface area contributed by atoms with Gasteiger partial charge in [0.15, 0.2) is 5.82 Å². The Hall–Kier alpha value is -4.64. The van der Waals surface area contributed by atoms with Crippen LogP contribution in [0.1, 0.15) is 10.4 Å². The molecule has 4 aromatic rings. The molecule has 0 aliphatic rings. The summed E-state index contributed by atoms with van der Waals surface area (Å²) >= 11 is 0. The molecule has 0 fully saturated rings. The Morgan fingerprint density at radius 1 is 0.824 bits per heavy atom. The molecule has 0 bridgehead atoms. The summed E-state index contributed by atoms with van der Waals surface area (Å²) in [7, 11) is -2.71. The van der Waals surface area contributed by atoms with E-state index in [4.69, 9.17) is 5.11 Å². The van der Waals surface area contributed by atoms with Crippen LogP contribution >= 0.6 is 0 Å². The highest BCUT2D eigenvalue weighted by atomic mass is 32.2. The number of hydrogen-bond acceptors (Lipinski definition) is 8. The molecular weight excluding hydrogens is 458 g/mol. The van der Waals surface area contributed by atoms with Gasteiger partial charge in [-0.15, -0.1) is 4.36 Å². The molecule has 0 atom stereocenters. The topological polar surface area (TPSA) is 151 Å². The molecule has 0 saturated carbocycles. The molecule has 4 rings (SSSR count). The number of carbonyl (C=O) groups excluding carboxylic acids is 1. The first kappa shape index (κ1) is 24.0.